The quantitative estimate of drug-likeness (QED) is 0.725. The van der Waals surface area contributed by atoms with Crippen molar-refractivity contribution >= 4 is 11.6 Å². The standard InChI is InChI=1S/C12H15NO/c1-3-7-10(2)12(14)13-11-8-5-4-6-9-11/h3-6,8-10H,1,7H2,2H3,(H,13,14). The Kier molecular flexibility index (Phi) is 3.92. The summed E-state index contributed by atoms with van der Waals surface area (Å²) in [5, 5.41) is 2.84. The third kappa shape index (κ3) is 3.05. The molecule has 0 fully saturated rings. The number of nitrogens with one attached hydrogen (secondary N) is 1. The molecule has 0 aliphatic rings. The average Bonchev–Trinajstić information content (AvgIpc) is 2.19. The number of hydrogen-bond donors (Lipinski definition) is 1. The molecule has 74 valence electrons. The predicted molar refractivity (Wildman–Crippen MR) is 59.0 cm³/mol. The van der Waals surface area contributed by atoms with Crippen LogP contribution in [0.15, 0.2) is 43.0 Å². The van der Waals surface area contributed by atoms with Gasteiger partial charge in [0.15, 0.2) is 0 Å². The van der Waals surface area contributed by atoms with Gasteiger partial charge in [0, 0.05) is 11.6 Å². The highest BCUT2D eigenvalue weighted by Gasteiger charge is 2.10. The minimum atomic E-state index is -0.0206. The first-order valence-electron chi connectivity index (χ1n) is 4.71. The van der Waals surface area contributed by atoms with Gasteiger partial charge in [-0.05, 0) is 18.6 Å². The molecular formula is C12H15NO. The van der Waals surface area contributed by atoms with E-state index >= 15 is 0 Å². The topological polar surface area (TPSA) is 29.1 Å². The van der Waals surface area contributed by atoms with Crippen molar-refractivity contribution in [1.29, 1.82) is 0 Å². The van der Waals surface area contributed by atoms with Crippen molar-refractivity contribution in [2.45, 2.75) is 13.3 Å². The molecule has 0 heterocycles. The van der Waals surface area contributed by atoms with Gasteiger partial charge in [-0.1, -0.05) is 31.2 Å². The van der Waals surface area contributed by atoms with Gasteiger partial charge in [0.05, 0.1) is 0 Å². The Balaban J connectivity index is 2.53. The van der Waals surface area contributed by atoms with E-state index in [0.717, 1.165) is 5.69 Å². The van der Waals surface area contributed by atoms with E-state index in [1.54, 1.807) is 6.08 Å². The molecule has 1 aromatic carbocycles. The Morgan fingerprint density at radius 3 is 2.71 bits per heavy atom. The molecule has 0 aliphatic carbocycles. The van der Waals surface area contributed by atoms with Crippen LogP contribution >= 0.6 is 0 Å². The molecule has 0 aliphatic heterocycles. The van der Waals surface area contributed by atoms with Crippen LogP contribution < -0.4 is 5.32 Å². The molecular weight excluding hydrogens is 174 g/mol. The molecule has 2 nitrogen and oxygen atoms in total. The van der Waals surface area contributed by atoms with Crippen LogP contribution in [0.5, 0.6) is 0 Å². The molecule has 1 aromatic rings. The van der Waals surface area contributed by atoms with Gasteiger partial charge in [0.25, 0.3) is 0 Å². The Bertz CT molecular complexity index is 305. The average molecular weight is 189 g/mol. The molecule has 0 radical (unpaired) electrons. The van der Waals surface area contributed by atoms with Crippen molar-refractivity contribution in [3.05, 3.63) is 43.0 Å². The van der Waals surface area contributed by atoms with Crippen molar-refractivity contribution in [3.63, 3.8) is 0 Å². The SMILES string of the molecule is C=CCC(C)C(=O)Nc1ccccc1. The summed E-state index contributed by atoms with van der Waals surface area (Å²) in [5.74, 6) is 0.0174. The number of para-hydroxylation sites is 1. The van der Waals surface area contributed by atoms with Crippen LogP contribution in [0.3, 0.4) is 0 Å². The Hall–Kier alpha value is -1.57. The van der Waals surface area contributed by atoms with Crippen molar-refractivity contribution in [2.24, 2.45) is 5.92 Å². The molecule has 2 heteroatoms. The number of carbonyl (C=O) groups excluding carboxylic acids is 1. The predicted octanol–water partition coefficient (Wildman–Crippen LogP) is 2.84. The summed E-state index contributed by atoms with van der Waals surface area (Å²) in [5.41, 5.74) is 0.841. The van der Waals surface area contributed by atoms with Crippen molar-refractivity contribution in [2.75, 3.05) is 5.32 Å². The van der Waals surface area contributed by atoms with E-state index in [4.69, 9.17) is 0 Å². The number of carbonyl (C=O) groups is 1. The van der Waals surface area contributed by atoms with Gasteiger partial charge in [0.1, 0.15) is 0 Å². The van der Waals surface area contributed by atoms with Crippen LogP contribution in [0.25, 0.3) is 0 Å². The smallest absolute Gasteiger partial charge is 0.227 e. The number of benzene rings is 1. The van der Waals surface area contributed by atoms with Crippen molar-refractivity contribution in [1.82, 2.24) is 0 Å². The summed E-state index contributed by atoms with van der Waals surface area (Å²) in [6.07, 6.45) is 2.47. The minimum absolute atomic E-state index is 0.0206. The monoisotopic (exact) mass is 189 g/mol. The lowest BCUT2D eigenvalue weighted by Gasteiger charge is -2.09. The molecule has 14 heavy (non-hydrogen) atoms. The normalized spacial score (nSPS) is 11.8. The van der Waals surface area contributed by atoms with Crippen LogP contribution in [0.1, 0.15) is 13.3 Å². The van der Waals surface area contributed by atoms with Crippen LogP contribution in [0.4, 0.5) is 5.69 Å². The van der Waals surface area contributed by atoms with E-state index in [1.165, 1.54) is 0 Å². The lowest BCUT2D eigenvalue weighted by molar-refractivity contribution is -0.119. The van der Waals surface area contributed by atoms with Crippen LogP contribution in [0.2, 0.25) is 0 Å². The van der Waals surface area contributed by atoms with Gasteiger partial charge in [0.2, 0.25) is 5.91 Å². The summed E-state index contributed by atoms with van der Waals surface area (Å²) >= 11 is 0. The second kappa shape index (κ2) is 5.22. The number of anilines is 1. The Morgan fingerprint density at radius 2 is 2.14 bits per heavy atom. The van der Waals surface area contributed by atoms with Gasteiger partial charge < -0.3 is 5.32 Å². The summed E-state index contributed by atoms with van der Waals surface area (Å²) in [6.45, 7) is 5.50. The first kappa shape index (κ1) is 10.5. The van der Waals surface area contributed by atoms with E-state index in [1.807, 2.05) is 37.3 Å². The molecule has 1 amide bonds. The number of allylic oxidation sites excluding steroid dienone is 1. The highest BCUT2D eigenvalue weighted by molar-refractivity contribution is 5.92. The molecule has 1 N–H and O–H groups in total. The van der Waals surface area contributed by atoms with Gasteiger partial charge >= 0.3 is 0 Å². The largest absolute Gasteiger partial charge is 0.326 e. The van der Waals surface area contributed by atoms with Gasteiger partial charge in [-0.15, -0.1) is 6.58 Å². The first-order chi connectivity index (χ1) is 6.74. The molecule has 1 atom stereocenters. The fourth-order valence-corrected chi connectivity index (χ4v) is 1.14. The first-order valence-corrected chi connectivity index (χ1v) is 4.71. The number of amides is 1. The second-order valence-electron chi connectivity index (χ2n) is 3.28. The zero-order chi connectivity index (χ0) is 10.4. The van der Waals surface area contributed by atoms with E-state index in [2.05, 4.69) is 11.9 Å². The summed E-state index contributed by atoms with van der Waals surface area (Å²) in [4.78, 5) is 11.5. The van der Waals surface area contributed by atoms with Crippen molar-refractivity contribution < 1.29 is 4.79 Å². The highest BCUT2D eigenvalue weighted by Crippen LogP contribution is 2.09. The maximum atomic E-state index is 11.5. The molecule has 1 unspecified atom stereocenters. The minimum Gasteiger partial charge on any atom is -0.326 e. The van der Waals surface area contributed by atoms with E-state index in [-0.39, 0.29) is 11.8 Å². The molecule has 0 bridgehead atoms. The summed E-state index contributed by atoms with van der Waals surface area (Å²) in [7, 11) is 0. The summed E-state index contributed by atoms with van der Waals surface area (Å²) < 4.78 is 0. The lowest BCUT2D eigenvalue weighted by atomic mass is 10.1. The highest BCUT2D eigenvalue weighted by atomic mass is 16.1. The van der Waals surface area contributed by atoms with E-state index in [9.17, 15) is 4.79 Å². The molecule has 0 aromatic heterocycles. The molecule has 0 saturated heterocycles. The third-order valence-corrected chi connectivity index (χ3v) is 2.01. The Morgan fingerprint density at radius 1 is 1.50 bits per heavy atom. The maximum absolute atomic E-state index is 11.5. The van der Waals surface area contributed by atoms with Crippen LogP contribution in [0, 0.1) is 5.92 Å². The van der Waals surface area contributed by atoms with Gasteiger partial charge in [-0.2, -0.15) is 0 Å². The van der Waals surface area contributed by atoms with Crippen LogP contribution in [-0.2, 0) is 4.79 Å². The zero-order valence-corrected chi connectivity index (χ0v) is 8.36. The fourth-order valence-electron chi connectivity index (χ4n) is 1.14. The molecule has 0 spiro atoms. The van der Waals surface area contributed by atoms with Gasteiger partial charge in [-0.25, -0.2) is 0 Å². The second-order valence-corrected chi connectivity index (χ2v) is 3.28. The van der Waals surface area contributed by atoms with Crippen LogP contribution in [-0.4, -0.2) is 5.91 Å². The zero-order valence-electron chi connectivity index (χ0n) is 8.36. The molecule has 0 saturated carbocycles. The number of rotatable bonds is 4. The number of hydrogen-bond acceptors (Lipinski definition) is 1. The fraction of sp³-hybridized carbons (Fsp3) is 0.250. The maximum Gasteiger partial charge on any atom is 0.227 e. The van der Waals surface area contributed by atoms with Crippen molar-refractivity contribution in [3.8, 4) is 0 Å². The molecule has 1 rings (SSSR count). The summed E-state index contributed by atoms with van der Waals surface area (Å²) in [6, 6.07) is 9.46. The lowest BCUT2D eigenvalue weighted by Crippen LogP contribution is -2.19. The van der Waals surface area contributed by atoms with E-state index in [0.29, 0.717) is 6.42 Å². The third-order valence-electron chi connectivity index (χ3n) is 2.01. The Labute approximate surface area is 84.6 Å². The van der Waals surface area contributed by atoms with Gasteiger partial charge in [-0.3, -0.25) is 4.79 Å². The van der Waals surface area contributed by atoms with E-state index < -0.39 is 0 Å².